The second-order valence-corrected chi connectivity index (χ2v) is 6.17. The van der Waals surface area contributed by atoms with Crippen LogP contribution in [0.25, 0.3) is 0 Å². The minimum Gasteiger partial charge on any atom is -0.493 e. The van der Waals surface area contributed by atoms with Crippen molar-refractivity contribution in [2.75, 3.05) is 33.2 Å². The summed E-state index contributed by atoms with van der Waals surface area (Å²) in [4.78, 5) is 15.6. The van der Waals surface area contributed by atoms with Gasteiger partial charge in [0.2, 0.25) is 0 Å². The zero-order valence-corrected chi connectivity index (χ0v) is 15.6. The number of hydrogen-bond acceptors (Lipinski definition) is 3. The Morgan fingerprint density at radius 3 is 2.32 bits per heavy atom. The molecule has 0 aliphatic rings. The number of likely N-dealkylation sites (N-methyl/N-ethyl adjacent to an activating group) is 2. The van der Waals surface area contributed by atoms with E-state index < -0.39 is 0 Å². The minimum absolute atomic E-state index is 0.0872. The van der Waals surface area contributed by atoms with Gasteiger partial charge in [-0.25, -0.2) is 0 Å². The van der Waals surface area contributed by atoms with E-state index in [4.69, 9.17) is 9.47 Å². The summed E-state index contributed by atoms with van der Waals surface area (Å²) < 4.78 is 10.6. The summed E-state index contributed by atoms with van der Waals surface area (Å²) in [5, 5.41) is 0. The summed E-state index contributed by atoms with van der Waals surface area (Å²) in [6, 6.07) is 15.4. The van der Waals surface area contributed by atoms with Gasteiger partial charge in [-0.15, -0.1) is 0 Å². The molecule has 0 spiro atoms. The Kier molecular flexibility index (Phi) is 6.42. The van der Waals surface area contributed by atoms with Crippen molar-refractivity contribution in [3.05, 3.63) is 54.1 Å². The lowest BCUT2D eigenvalue weighted by molar-refractivity contribution is -0.908. The van der Waals surface area contributed by atoms with Crippen LogP contribution in [0.3, 0.4) is 0 Å². The Hall–Kier alpha value is -2.53. The molecule has 5 nitrogen and oxygen atoms in total. The van der Waals surface area contributed by atoms with Gasteiger partial charge >= 0.3 is 0 Å². The summed E-state index contributed by atoms with van der Waals surface area (Å²) in [7, 11) is 7.09. The van der Waals surface area contributed by atoms with Crippen LogP contribution < -0.4 is 19.3 Å². The van der Waals surface area contributed by atoms with E-state index >= 15 is 0 Å². The third-order valence-corrected chi connectivity index (χ3v) is 4.51. The fourth-order valence-corrected chi connectivity index (χ4v) is 2.75. The highest BCUT2D eigenvalue weighted by Crippen LogP contribution is 2.27. The van der Waals surface area contributed by atoms with Crippen molar-refractivity contribution in [2.45, 2.75) is 19.5 Å². The zero-order chi connectivity index (χ0) is 18.4. The van der Waals surface area contributed by atoms with Crippen molar-refractivity contribution in [1.82, 2.24) is 0 Å². The van der Waals surface area contributed by atoms with Gasteiger partial charge in [0.05, 0.1) is 21.3 Å². The molecule has 2 aromatic rings. The highest BCUT2D eigenvalue weighted by atomic mass is 16.5. The monoisotopic (exact) mass is 343 g/mol. The number of nitrogens with one attached hydrogen (secondary N) is 1. The number of anilines is 1. The van der Waals surface area contributed by atoms with E-state index in [2.05, 4.69) is 0 Å². The van der Waals surface area contributed by atoms with Crippen LogP contribution in [0.2, 0.25) is 0 Å². The summed E-state index contributed by atoms with van der Waals surface area (Å²) in [5.74, 6) is 1.49. The van der Waals surface area contributed by atoms with Crippen LogP contribution in [-0.2, 0) is 11.3 Å². The van der Waals surface area contributed by atoms with Gasteiger partial charge in [-0.3, -0.25) is 4.79 Å². The number of carbonyl (C=O) groups is 1. The van der Waals surface area contributed by atoms with Crippen LogP contribution in [0.15, 0.2) is 48.5 Å². The number of nitrogens with zero attached hydrogens (tertiary/aromatic N) is 1. The molecule has 0 aromatic heterocycles. The third-order valence-electron chi connectivity index (χ3n) is 4.51. The topological polar surface area (TPSA) is 43.2 Å². The average molecular weight is 343 g/mol. The molecule has 0 heterocycles. The van der Waals surface area contributed by atoms with Crippen LogP contribution in [0.4, 0.5) is 5.69 Å². The molecular weight excluding hydrogens is 316 g/mol. The van der Waals surface area contributed by atoms with E-state index in [1.807, 2.05) is 69.6 Å². The van der Waals surface area contributed by atoms with E-state index in [1.54, 1.807) is 19.1 Å². The molecule has 25 heavy (non-hydrogen) atoms. The molecule has 1 N–H and O–H groups in total. The van der Waals surface area contributed by atoms with E-state index in [9.17, 15) is 4.79 Å². The van der Waals surface area contributed by atoms with Crippen LogP contribution in [0, 0.1) is 0 Å². The molecule has 5 heteroatoms. The quantitative estimate of drug-likeness (QED) is 0.833. The molecular formula is C20H27N2O3+. The first kappa shape index (κ1) is 18.8. The molecule has 0 fully saturated rings. The van der Waals surface area contributed by atoms with Gasteiger partial charge in [-0.2, -0.15) is 0 Å². The van der Waals surface area contributed by atoms with E-state index in [0.29, 0.717) is 11.5 Å². The minimum atomic E-state index is -0.168. The van der Waals surface area contributed by atoms with Crippen molar-refractivity contribution < 1.29 is 19.2 Å². The summed E-state index contributed by atoms with van der Waals surface area (Å²) in [6.07, 6.45) is 0. The molecule has 1 amide bonds. The average Bonchev–Trinajstić information content (AvgIpc) is 2.66. The van der Waals surface area contributed by atoms with Crippen LogP contribution in [-0.4, -0.2) is 40.3 Å². The molecule has 1 unspecified atom stereocenters. The number of rotatable bonds is 7. The van der Waals surface area contributed by atoms with Gasteiger partial charge in [0.1, 0.15) is 6.54 Å². The fourth-order valence-electron chi connectivity index (χ4n) is 2.75. The van der Waals surface area contributed by atoms with Gasteiger partial charge < -0.3 is 19.3 Å². The molecule has 2 atom stereocenters. The first-order chi connectivity index (χ1) is 12.0. The van der Waals surface area contributed by atoms with Crippen molar-refractivity contribution >= 4 is 11.6 Å². The Morgan fingerprint density at radius 1 is 1.08 bits per heavy atom. The molecule has 0 saturated heterocycles. The molecule has 134 valence electrons. The van der Waals surface area contributed by atoms with E-state index in [0.717, 1.165) is 22.7 Å². The maximum Gasteiger partial charge on any atom is 0.284 e. The van der Waals surface area contributed by atoms with Gasteiger partial charge in [0.25, 0.3) is 5.91 Å². The first-order valence-electron chi connectivity index (χ1n) is 8.33. The number of hydrogen-bond donors (Lipinski definition) is 1. The lowest BCUT2D eigenvalue weighted by Crippen LogP contribution is -3.12. The Morgan fingerprint density at radius 2 is 1.72 bits per heavy atom. The molecule has 0 radical (unpaired) electrons. The van der Waals surface area contributed by atoms with Gasteiger partial charge in [-0.05, 0) is 37.3 Å². The Labute approximate surface area is 149 Å². The standard InChI is InChI=1S/C20H26N2O3/c1-15(20(23)22(3)17-9-7-6-8-10-17)21(2)14-16-11-12-18(24-4)19(13-16)25-5/h6-13,15H,14H2,1-5H3/p+1/t15-/m0/s1. The van der Waals surface area contributed by atoms with Crippen molar-refractivity contribution in [1.29, 1.82) is 0 Å². The number of quaternary nitrogens is 1. The van der Waals surface area contributed by atoms with Crippen molar-refractivity contribution in [3.63, 3.8) is 0 Å². The summed E-state index contributed by atoms with van der Waals surface area (Å²) >= 11 is 0. The molecule has 0 aliphatic heterocycles. The van der Waals surface area contributed by atoms with E-state index in [-0.39, 0.29) is 11.9 Å². The number of benzene rings is 2. The molecule has 0 bridgehead atoms. The summed E-state index contributed by atoms with van der Waals surface area (Å²) in [6.45, 7) is 2.67. The summed E-state index contributed by atoms with van der Waals surface area (Å²) in [5.41, 5.74) is 2.00. The lowest BCUT2D eigenvalue weighted by atomic mass is 10.1. The number of methoxy groups -OCH3 is 2. The van der Waals surface area contributed by atoms with Crippen LogP contribution in [0.1, 0.15) is 12.5 Å². The fraction of sp³-hybridized carbons (Fsp3) is 0.350. The lowest BCUT2D eigenvalue weighted by Gasteiger charge is -2.26. The second-order valence-electron chi connectivity index (χ2n) is 6.17. The maximum absolute atomic E-state index is 12.8. The SMILES string of the molecule is COc1ccc(C[NH+](C)[C@@H](C)C(=O)N(C)c2ccccc2)cc1OC. The van der Waals surface area contributed by atoms with Crippen molar-refractivity contribution in [2.24, 2.45) is 0 Å². The van der Waals surface area contributed by atoms with Gasteiger partial charge in [0, 0.05) is 18.3 Å². The highest BCUT2D eigenvalue weighted by molar-refractivity contribution is 5.95. The molecule has 0 aliphatic carbocycles. The van der Waals surface area contributed by atoms with E-state index in [1.165, 1.54) is 0 Å². The number of carbonyl (C=O) groups excluding carboxylic acids is 1. The van der Waals surface area contributed by atoms with Gasteiger partial charge in [0.15, 0.2) is 17.5 Å². The van der Waals surface area contributed by atoms with Crippen LogP contribution >= 0.6 is 0 Å². The zero-order valence-electron chi connectivity index (χ0n) is 15.6. The van der Waals surface area contributed by atoms with Gasteiger partial charge in [-0.1, -0.05) is 18.2 Å². The Balaban J connectivity index is 2.07. The molecule has 2 rings (SSSR count). The molecule has 2 aromatic carbocycles. The number of para-hydroxylation sites is 1. The predicted molar refractivity (Wildman–Crippen MR) is 99.5 cm³/mol. The second kappa shape index (κ2) is 8.53. The largest absolute Gasteiger partial charge is 0.493 e. The number of amides is 1. The smallest absolute Gasteiger partial charge is 0.284 e. The van der Waals surface area contributed by atoms with Crippen LogP contribution in [0.5, 0.6) is 11.5 Å². The number of ether oxygens (including phenoxy) is 2. The molecule has 0 saturated carbocycles. The maximum atomic E-state index is 12.8. The highest BCUT2D eigenvalue weighted by Gasteiger charge is 2.26. The van der Waals surface area contributed by atoms with Crippen molar-refractivity contribution in [3.8, 4) is 11.5 Å². The Bertz CT molecular complexity index is 703. The first-order valence-corrected chi connectivity index (χ1v) is 8.33. The third kappa shape index (κ3) is 4.51. The normalized spacial score (nSPS) is 13.0. The predicted octanol–water partition coefficient (Wildman–Crippen LogP) is 1.77.